The Labute approximate surface area is 325 Å². The molecule has 1 fully saturated rings. The Hall–Kier alpha value is -6.34. The Kier molecular flexibility index (Phi) is 9.51. The standard InChI is InChI=1S/C50H42N2O4/c53-49(47(41-27-11-19-33-15-1-5-23-37(33)41)42-28-12-20-34-16-2-6-24-38(34)42)51(55)45-31-9-10-32-46(45)52(56)50(54)48(43-29-13-21-35-17-3-7-25-39(35)43)44-30-14-22-36-18-4-8-26-40(36)44/h1-8,11-30,45-48,55-56H,9-10,31-32H2/t45-,46-/m1/s1. The van der Waals surface area contributed by atoms with Gasteiger partial charge in [0, 0.05) is 0 Å². The lowest BCUT2D eigenvalue weighted by atomic mass is 9.82. The number of rotatable bonds is 8. The van der Waals surface area contributed by atoms with Crippen molar-refractivity contribution >= 4 is 54.9 Å². The topological polar surface area (TPSA) is 81.1 Å². The molecule has 0 unspecified atom stereocenters. The zero-order valence-corrected chi connectivity index (χ0v) is 30.9. The van der Waals surface area contributed by atoms with Crippen LogP contribution in [0.5, 0.6) is 0 Å². The highest BCUT2D eigenvalue weighted by Gasteiger charge is 2.43. The molecule has 6 nitrogen and oxygen atoms in total. The van der Waals surface area contributed by atoms with Crippen LogP contribution in [-0.4, -0.2) is 44.4 Å². The predicted molar refractivity (Wildman–Crippen MR) is 223 cm³/mol. The van der Waals surface area contributed by atoms with Gasteiger partial charge >= 0.3 is 0 Å². The third kappa shape index (κ3) is 6.27. The predicted octanol–water partition coefficient (Wildman–Crippen LogP) is 11.0. The molecule has 1 aliphatic rings. The van der Waals surface area contributed by atoms with Crippen LogP contribution in [0.25, 0.3) is 43.1 Å². The van der Waals surface area contributed by atoms with Crippen LogP contribution < -0.4 is 0 Å². The summed E-state index contributed by atoms with van der Waals surface area (Å²) >= 11 is 0. The summed E-state index contributed by atoms with van der Waals surface area (Å²) in [6.07, 6.45) is 2.30. The van der Waals surface area contributed by atoms with Gasteiger partial charge in [-0.3, -0.25) is 20.0 Å². The maximum atomic E-state index is 15.1. The van der Waals surface area contributed by atoms with Crippen LogP contribution in [0.2, 0.25) is 0 Å². The van der Waals surface area contributed by atoms with Crippen LogP contribution in [0.4, 0.5) is 0 Å². The monoisotopic (exact) mass is 734 g/mol. The summed E-state index contributed by atoms with van der Waals surface area (Å²) in [4.78, 5) is 30.3. The number of hydrogen-bond donors (Lipinski definition) is 2. The van der Waals surface area contributed by atoms with E-state index in [0.717, 1.165) is 88.3 Å². The number of carbonyl (C=O) groups is 2. The number of hydrogen-bond acceptors (Lipinski definition) is 4. The zero-order valence-electron chi connectivity index (χ0n) is 30.9. The number of benzene rings is 8. The van der Waals surface area contributed by atoms with Crippen molar-refractivity contribution in [3.63, 3.8) is 0 Å². The Balaban J connectivity index is 1.13. The van der Waals surface area contributed by atoms with Crippen molar-refractivity contribution in [2.24, 2.45) is 0 Å². The van der Waals surface area contributed by atoms with Crippen LogP contribution >= 0.6 is 0 Å². The van der Waals surface area contributed by atoms with E-state index in [0.29, 0.717) is 12.8 Å². The maximum absolute atomic E-state index is 15.1. The molecule has 0 radical (unpaired) electrons. The maximum Gasteiger partial charge on any atom is 0.258 e. The average Bonchev–Trinajstić information content (AvgIpc) is 3.26. The van der Waals surface area contributed by atoms with Gasteiger partial charge in [-0.05, 0) is 78.2 Å². The fourth-order valence-electron chi connectivity index (χ4n) is 9.13. The van der Waals surface area contributed by atoms with E-state index in [1.807, 2.05) is 170 Å². The molecule has 2 atom stereocenters. The summed E-state index contributed by atoms with van der Waals surface area (Å²) in [7, 11) is 0. The molecule has 1 saturated carbocycles. The molecule has 6 heteroatoms. The SMILES string of the molecule is O=C(C(c1cccc2ccccc12)c1cccc2ccccc12)N(O)[C@@H]1CCCC[C@H]1N(O)C(=O)C(c1cccc2ccccc12)c1cccc2ccccc12. The van der Waals surface area contributed by atoms with Crippen LogP contribution in [0.3, 0.4) is 0 Å². The lowest BCUT2D eigenvalue weighted by Gasteiger charge is -2.41. The molecule has 0 spiro atoms. The van der Waals surface area contributed by atoms with Crippen molar-refractivity contribution in [3.05, 3.63) is 192 Å². The number of fused-ring (bicyclic) bond motifs is 4. The molecular weight excluding hydrogens is 693 g/mol. The molecule has 0 aliphatic heterocycles. The van der Waals surface area contributed by atoms with Gasteiger partial charge in [-0.25, -0.2) is 10.1 Å². The first-order valence-electron chi connectivity index (χ1n) is 19.4. The zero-order chi connectivity index (χ0) is 38.2. The third-order valence-electron chi connectivity index (χ3n) is 11.8. The normalized spacial score (nSPS) is 15.9. The van der Waals surface area contributed by atoms with Gasteiger partial charge in [0.05, 0.1) is 23.9 Å². The number of hydroxylamine groups is 4. The van der Waals surface area contributed by atoms with Gasteiger partial charge < -0.3 is 0 Å². The lowest BCUT2D eigenvalue weighted by Crippen LogP contribution is -2.56. The molecule has 0 aromatic heterocycles. The Morgan fingerprint density at radius 2 is 0.643 bits per heavy atom. The Morgan fingerprint density at radius 3 is 0.929 bits per heavy atom. The lowest BCUT2D eigenvalue weighted by molar-refractivity contribution is -0.213. The molecule has 0 heterocycles. The number of nitrogens with zero attached hydrogens (tertiary/aromatic N) is 2. The van der Waals surface area contributed by atoms with Gasteiger partial charge in [-0.15, -0.1) is 0 Å². The summed E-state index contributed by atoms with van der Waals surface area (Å²) in [5, 5.41) is 33.8. The van der Waals surface area contributed by atoms with Gasteiger partial charge in [0.25, 0.3) is 11.8 Å². The fourth-order valence-corrected chi connectivity index (χ4v) is 9.13. The largest absolute Gasteiger partial charge is 0.286 e. The summed E-state index contributed by atoms with van der Waals surface area (Å²) in [5.74, 6) is -2.73. The molecule has 56 heavy (non-hydrogen) atoms. The molecule has 2 N–H and O–H groups in total. The molecule has 0 bridgehead atoms. The highest BCUT2D eigenvalue weighted by molar-refractivity contribution is 6.01. The minimum atomic E-state index is -0.860. The molecular formula is C50H42N2O4. The number of amides is 2. The van der Waals surface area contributed by atoms with E-state index >= 15 is 9.59 Å². The average molecular weight is 735 g/mol. The smallest absolute Gasteiger partial charge is 0.258 e. The first-order chi connectivity index (χ1) is 27.5. The van der Waals surface area contributed by atoms with Crippen LogP contribution in [-0.2, 0) is 9.59 Å². The van der Waals surface area contributed by atoms with Gasteiger partial charge in [-0.1, -0.05) is 183 Å². The van der Waals surface area contributed by atoms with Crippen molar-refractivity contribution < 1.29 is 20.0 Å². The summed E-state index contributed by atoms with van der Waals surface area (Å²) < 4.78 is 0. The first-order valence-corrected chi connectivity index (χ1v) is 19.4. The van der Waals surface area contributed by atoms with E-state index in [4.69, 9.17) is 0 Å². The second-order valence-electron chi connectivity index (χ2n) is 14.9. The van der Waals surface area contributed by atoms with Crippen molar-refractivity contribution in [2.75, 3.05) is 0 Å². The summed E-state index contributed by atoms with van der Waals surface area (Å²) in [6, 6.07) is 53.9. The summed E-state index contributed by atoms with van der Waals surface area (Å²) in [5.41, 5.74) is 3.11. The van der Waals surface area contributed by atoms with Crippen molar-refractivity contribution in [1.29, 1.82) is 0 Å². The molecule has 276 valence electrons. The van der Waals surface area contributed by atoms with Crippen LogP contribution in [0.15, 0.2) is 170 Å². The first kappa shape index (κ1) is 35.4. The van der Waals surface area contributed by atoms with E-state index in [1.54, 1.807) is 0 Å². The minimum absolute atomic E-state index is 0.419. The Bertz CT molecular complexity index is 2380. The molecule has 0 saturated heterocycles. The third-order valence-corrected chi connectivity index (χ3v) is 11.8. The quantitative estimate of drug-likeness (QED) is 0.120. The molecule has 1 aliphatic carbocycles. The molecule has 9 rings (SSSR count). The highest BCUT2D eigenvalue weighted by Crippen LogP contribution is 2.40. The second kappa shape index (κ2) is 15.1. The summed E-state index contributed by atoms with van der Waals surface area (Å²) in [6.45, 7) is 0. The van der Waals surface area contributed by atoms with Crippen LogP contribution in [0.1, 0.15) is 59.8 Å². The molecule has 8 aromatic carbocycles. The minimum Gasteiger partial charge on any atom is -0.286 e. The van der Waals surface area contributed by atoms with Crippen molar-refractivity contribution in [3.8, 4) is 0 Å². The Morgan fingerprint density at radius 1 is 0.393 bits per heavy atom. The van der Waals surface area contributed by atoms with E-state index in [1.165, 1.54) is 0 Å². The van der Waals surface area contributed by atoms with Gasteiger partial charge in [-0.2, -0.15) is 0 Å². The van der Waals surface area contributed by atoms with Crippen molar-refractivity contribution in [2.45, 2.75) is 49.6 Å². The highest BCUT2D eigenvalue weighted by atomic mass is 16.5. The van der Waals surface area contributed by atoms with Gasteiger partial charge in [0.2, 0.25) is 0 Å². The molecule has 2 amide bonds. The van der Waals surface area contributed by atoms with Gasteiger partial charge in [0.15, 0.2) is 0 Å². The number of carbonyl (C=O) groups excluding carboxylic acids is 2. The molecule has 8 aromatic rings. The van der Waals surface area contributed by atoms with Crippen LogP contribution in [0, 0.1) is 0 Å². The van der Waals surface area contributed by atoms with Gasteiger partial charge in [0.1, 0.15) is 0 Å². The van der Waals surface area contributed by atoms with E-state index < -0.39 is 35.7 Å². The van der Waals surface area contributed by atoms with E-state index in [-0.39, 0.29) is 0 Å². The van der Waals surface area contributed by atoms with E-state index in [2.05, 4.69) is 0 Å². The van der Waals surface area contributed by atoms with E-state index in [9.17, 15) is 10.4 Å². The fraction of sp³-hybridized carbons (Fsp3) is 0.160. The second-order valence-corrected chi connectivity index (χ2v) is 14.9. The van der Waals surface area contributed by atoms with Crippen molar-refractivity contribution in [1.82, 2.24) is 10.1 Å².